The van der Waals surface area contributed by atoms with Crippen molar-refractivity contribution in [2.24, 2.45) is 5.41 Å². The molecule has 6 rings (SSSR count). The van der Waals surface area contributed by atoms with Gasteiger partial charge in [0, 0.05) is 17.2 Å². The van der Waals surface area contributed by atoms with Gasteiger partial charge >= 0.3 is 0 Å². The van der Waals surface area contributed by atoms with Crippen LogP contribution in [0.15, 0.2) is 71.8 Å². The number of hydrogen-bond donors (Lipinski definition) is 1. The van der Waals surface area contributed by atoms with Gasteiger partial charge < -0.3 is 14.4 Å². The number of rotatable bonds is 6. The van der Waals surface area contributed by atoms with E-state index in [0.717, 1.165) is 41.0 Å². The first-order valence-electron chi connectivity index (χ1n) is 16.3. The second-order valence-electron chi connectivity index (χ2n) is 13.8. The number of nitrogens with zero attached hydrogens (tertiary/aromatic N) is 4. The van der Waals surface area contributed by atoms with Gasteiger partial charge in [-0.2, -0.15) is 4.98 Å². The van der Waals surface area contributed by atoms with Crippen LogP contribution < -0.4 is 14.2 Å². The smallest absolute Gasteiger partial charge is 0.254 e. The Bertz CT molecular complexity index is 1750. The monoisotopic (exact) mass is 653 g/mol. The predicted octanol–water partition coefficient (Wildman–Crippen LogP) is 7.45. The molecule has 1 aliphatic carbocycles. The third kappa shape index (κ3) is 7.99. The van der Waals surface area contributed by atoms with E-state index in [0.29, 0.717) is 28.5 Å². The van der Waals surface area contributed by atoms with Gasteiger partial charge in [0.15, 0.2) is 11.0 Å². The lowest BCUT2D eigenvalue weighted by atomic mass is 9.87. The van der Waals surface area contributed by atoms with Crippen molar-refractivity contribution in [1.29, 1.82) is 0 Å². The van der Waals surface area contributed by atoms with Crippen LogP contribution in [0.3, 0.4) is 0 Å². The summed E-state index contributed by atoms with van der Waals surface area (Å²) in [5.74, 6) is 1.07. The Morgan fingerprint density at radius 2 is 1.74 bits per heavy atom. The Morgan fingerprint density at radius 1 is 1.00 bits per heavy atom. The van der Waals surface area contributed by atoms with Crippen LogP contribution in [0.2, 0.25) is 0 Å². The number of ether oxygens (including phenoxy) is 2. The van der Waals surface area contributed by atoms with E-state index in [1.165, 1.54) is 12.8 Å². The average Bonchev–Trinajstić information content (AvgIpc) is 3.55. The molecule has 1 N–H and O–H groups in total. The molecule has 2 aliphatic rings. The van der Waals surface area contributed by atoms with Gasteiger partial charge in [-0.25, -0.2) is 9.19 Å². The molecule has 2 aromatic carbocycles. The molecule has 4 bridgehead atoms. The maximum atomic E-state index is 14.4. The number of nitrogens with one attached hydrogen (secondary N) is 1. The Hall–Kier alpha value is -4.31. The average molecular weight is 654 g/mol. The molecule has 2 aromatic heterocycles. The molecule has 47 heavy (non-hydrogen) atoms. The van der Waals surface area contributed by atoms with Crippen LogP contribution in [-0.2, 0) is 17.5 Å². The number of aromatic nitrogens is 3. The molecule has 1 aliphatic heterocycles. The summed E-state index contributed by atoms with van der Waals surface area (Å²) in [6.45, 7) is 11.0. The van der Waals surface area contributed by atoms with Gasteiger partial charge in [-0.1, -0.05) is 45.0 Å². The molecule has 1 saturated carbocycles. The number of benzene rings is 2. The van der Waals surface area contributed by atoms with Crippen molar-refractivity contribution in [2.45, 2.75) is 90.3 Å². The van der Waals surface area contributed by atoms with Gasteiger partial charge in [0.05, 0.1) is 41.2 Å². The minimum atomic E-state index is -1.73. The summed E-state index contributed by atoms with van der Waals surface area (Å²) in [5.41, 5.74) is 4.79. The molecule has 10 heteroatoms. The van der Waals surface area contributed by atoms with E-state index in [-0.39, 0.29) is 42.6 Å². The zero-order valence-corrected chi connectivity index (χ0v) is 28.6. The first kappa shape index (κ1) is 32.6. The van der Waals surface area contributed by atoms with Gasteiger partial charge in [0.25, 0.3) is 5.91 Å². The fraction of sp³-hybridized carbons (Fsp3) is 0.405. The first-order valence-corrected chi connectivity index (χ1v) is 17.5. The number of carbonyl (C=O) groups is 1. The summed E-state index contributed by atoms with van der Waals surface area (Å²) in [5, 5.41) is 0. The number of fused-ring (bicyclic) bond motifs is 4. The first-order chi connectivity index (χ1) is 22.5. The number of anilines is 1. The normalized spacial score (nSPS) is 18.8. The van der Waals surface area contributed by atoms with Crippen LogP contribution in [0.25, 0.3) is 11.3 Å². The minimum Gasteiger partial charge on any atom is -0.489 e. The third-order valence-corrected chi connectivity index (χ3v) is 9.68. The SMILES string of the molecule is Cc1cccc(C)c1-c1cc2nc(n1)NS(=O)c1cccc(c1)C(=O)N(Cc1ccc(OC3CCCC3)cn1)[C@H](CC(C)(C)C)CO2. The van der Waals surface area contributed by atoms with E-state index in [9.17, 15) is 9.00 Å². The van der Waals surface area contributed by atoms with Gasteiger partial charge in [-0.05, 0) is 92.8 Å². The van der Waals surface area contributed by atoms with Crippen molar-refractivity contribution >= 4 is 22.8 Å². The highest BCUT2D eigenvalue weighted by molar-refractivity contribution is 7.86. The lowest BCUT2D eigenvalue weighted by molar-refractivity contribution is 0.0509. The lowest BCUT2D eigenvalue weighted by Gasteiger charge is -2.35. The van der Waals surface area contributed by atoms with E-state index in [1.54, 1.807) is 30.5 Å². The highest BCUT2D eigenvalue weighted by Gasteiger charge is 2.31. The number of carbonyl (C=O) groups excluding carboxylic acids is 1. The van der Waals surface area contributed by atoms with E-state index >= 15 is 0 Å². The second-order valence-corrected chi connectivity index (χ2v) is 15.0. The molecule has 1 fully saturated rings. The van der Waals surface area contributed by atoms with Crippen LogP contribution in [-0.4, -0.2) is 48.7 Å². The third-order valence-electron chi connectivity index (χ3n) is 8.63. The fourth-order valence-corrected chi connectivity index (χ4v) is 7.22. The molecule has 0 spiro atoms. The highest BCUT2D eigenvalue weighted by atomic mass is 32.2. The van der Waals surface area contributed by atoms with E-state index in [1.807, 2.05) is 55.1 Å². The summed E-state index contributed by atoms with van der Waals surface area (Å²) >= 11 is 0. The number of pyridine rings is 1. The molecule has 0 radical (unpaired) electrons. The van der Waals surface area contributed by atoms with Crippen molar-refractivity contribution in [3.8, 4) is 22.9 Å². The van der Waals surface area contributed by atoms with Crippen LogP contribution in [0.5, 0.6) is 11.6 Å². The molecular weight excluding hydrogens is 611 g/mol. The van der Waals surface area contributed by atoms with Crippen molar-refractivity contribution < 1.29 is 18.5 Å². The van der Waals surface area contributed by atoms with Gasteiger partial charge in [0.2, 0.25) is 11.8 Å². The molecule has 4 aromatic rings. The molecule has 246 valence electrons. The summed E-state index contributed by atoms with van der Waals surface area (Å²) < 4.78 is 29.1. The maximum Gasteiger partial charge on any atom is 0.254 e. The van der Waals surface area contributed by atoms with Crippen LogP contribution in [0.4, 0.5) is 5.95 Å². The Labute approximate surface area is 279 Å². The molecule has 0 saturated heterocycles. The highest BCUT2D eigenvalue weighted by Crippen LogP contribution is 2.32. The van der Waals surface area contributed by atoms with Gasteiger partial charge in [-0.15, -0.1) is 0 Å². The molecule has 2 atom stereocenters. The number of hydrogen-bond acceptors (Lipinski definition) is 7. The maximum absolute atomic E-state index is 14.4. The number of aryl methyl sites for hydroxylation is 2. The van der Waals surface area contributed by atoms with Gasteiger partial charge in [-0.3, -0.25) is 14.5 Å². The molecule has 9 nitrogen and oxygen atoms in total. The summed E-state index contributed by atoms with van der Waals surface area (Å²) in [4.78, 5) is 30.7. The second kappa shape index (κ2) is 13.8. The van der Waals surface area contributed by atoms with Crippen molar-refractivity contribution in [1.82, 2.24) is 19.9 Å². The fourth-order valence-electron chi connectivity index (χ4n) is 6.40. The summed E-state index contributed by atoms with van der Waals surface area (Å²) in [7, 11) is -1.73. The van der Waals surface area contributed by atoms with Crippen LogP contribution >= 0.6 is 0 Å². The van der Waals surface area contributed by atoms with Crippen LogP contribution in [0, 0.1) is 19.3 Å². The molecule has 1 unspecified atom stereocenters. The van der Waals surface area contributed by atoms with Crippen molar-refractivity contribution in [3.05, 3.63) is 89.2 Å². The van der Waals surface area contributed by atoms with E-state index < -0.39 is 11.0 Å². The molecule has 3 heterocycles. The molecular formula is C37H43N5O4S. The van der Waals surface area contributed by atoms with Crippen molar-refractivity contribution in [3.63, 3.8) is 0 Å². The largest absolute Gasteiger partial charge is 0.489 e. The van der Waals surface area contributed by atoms with E-state index in [4.69, 9.17) is 19.4 Å². The van der Waals surface area contributed by atoms with E-state index in [2.05, 4.69) is 30.5 Å². The standard InChI is InChI=1S/C37H43N5O4S/c1-24-10-8-11-25(2)34(24)32-19-33-40-36(39-32)41-47(44)31-15-9-12-26(18-31)35(43)42(28(23-45-33)20-37(3,4)5)22-27-16-17-30(21-38-27)46-29-13-6-7-14-29/h8-12,15-19,21,28-29H,6-7,13-14,20,22-23H2,1-5H3,(H,39,40,41)/t28-,47?/m1/s1. The lowest BCUT2D eigenvalue weighted by Crippen LogP contribution is -2.45. The van der Waals surface area contributed by atoms with Crippen LogP contribution in [0.1, 0.15) is 80.1 Å². The summed E-state index contributed by atoms with van der Waals surface area (Å²) in [6, 6.07) is 18.3. The Balaban J connectivity index is 1.39. The minimum absolute atomic E-state index is 0.127. The quantitative estimate of drug-likeness (QED) is 0.230. The number of amides is 1. The zero-order valence-electron chi connectivity index (χ0n) is 27.8. The summed E-state index contributed by atoms with van der Waals surface area (Å²) in [6.07, 6.45) is 7.17. The topological polar surface area (TPSA) is 107 Å². The Morgan fingerprint density at radius 3 is 2.45 bits per heavy atom. The van der Waals surface area contributed by atoms with Gasteiger partial charge in [0.1, 0.15) is 12.4 Å². The molecule has 1 amide bonds. The predicted molar refractivity (Wildman–Crippen MR) is 184 cm³/mol. The van der Waals surface area contributed by atoms with Crippen molar-refractivity contribution in [2.75, 3.05) is 11.3 Å². The Kier molecular flexibility index (Phi) is 9.59. The zero-order chi connectivity index (χ0) is 33.1.